The van der Waals surface area contributed by atoms with Crippen molar-refractivity contribution in [2.45, 2.75) is 24.9 Å². The number of aromatic nitrogens is 2. The van der Waals surface area contributed by atoms with E-state index in [1.807, 2.05) is 0 Å². The van der Waals surface area contributed by atoms with Gasteiger partial charge in [-0.25, -0.2) is 4.98 Å². The normalized spacial score (nSPS) is 19.5. The van der Waals surface area contributed by atoms with Crippen molar-refractivity contribution in [1.82, 2.24) is 9.97 Å². The summed E-state index contributed by atoms with van der Waals surface area (Å²) in [6, 6.07) is 0. The number of imidazole rings is 1. The summed E-state index contributed by atoms with van der Waals surface area (Å²) in [5.74, 6) is 0.781. The van der Waals surface area contributed by atoms with Crippen LogP contribution in [0.2, 0.25) is 0 Å². The summed E-state index contributed by atoms with van der Waals surface area (Å²) < 4.78 is 5.41. The van der Waals surface area contributed by atoms with Crippen molar-refractivity contribution < 1.29 is 9.53 Å². The van der Waals surface area contributed by atoms with Crippen molar-refractivity contribution in [3.63, 3.8) is 0 Å². The molecule has 1 N–H and O–H groups in total. The molecular formula is C9H12N2O2. The lowest BCUT2D eigenvalue weighted by Crippen LogP contribution is -2.37. The molecular weight excluding hydrogens is 168 g/mol. The number of ether oxygens (including phenoxy) is 1. The minimum atomic E-state index is -0.249. The smallest absolute Gasteiger partial charge is 0.167 e. The third-order valence-electron chi connectivity index (χ3n) is 2.71. The maximum absolute atomic E-state index is 10.4. The largest absolute Gasteiger partial charge is 0.370 e. The summed E-state index contributed by atoms with van der Waals surface area (Å²) in [6.45, 7) is 0. The molecule has 0 bridgehead atoms. The number of carbonyl (C=O) groups excluding carboxylic acids is 1. The summed E-state index contributed by atoms with van der Waals surface area (Å²) in [5, 5.41) is 0. The van der Waals surface area contributed by atoms with Gasteiger partial charge >= 0.3 is 0 Å². The summed E-state index contributed by atoms with van der Waals surface area (Å²) >= 11 is 0. The van der Waals surface area contributed by atoms with Crippen LogP contribution in [0, 0.1) is 0 Å². The predicted octanol–water partition coefficient (Wildman–Crippen LogP) is 1.25. The molecule has 0 aromatic carbocycles. The van der Waals surface area contributed by atoms with E-state index < -0.39 is 0 Å². The van der Waals surface area contributed by atoms with Crippen LogP contribution in [0.5, 0.6) is 0 Å². The van der Waals surface area contributed by atoms with Crippen LogP contribution in [-0.2, 0) is 10.3 Å². The Morgan fingerprint density at radius 3 is 2.85 bits per heavy atom. The molecule has 0 amide bonds. The van der Waals surface area contributed by atoms with Gasteiger partial charge < -0.3 is 9.72 Å². The van der Waals surface area contributed by atoms with Gasteiger partial charge in [0.15, 0.2) is 6.29 Å². The fourth-order valence-electron chi connectivity index (χ4n) is 1.66. The quantitative estimate of drug-likeness (QED) is 0.712. The van der Waals surface area contributed by atoms with Gasteiger partial charge in [-0.2, -0.15) is 0 Å². The Kier molecular flexibility index (Phi) is 1.92. The number of carbonyl (C=O) groups is 1. The zero-order valence-electron chi connectivity index (χ0n) is 7.54. The number of hydrogen-bond donors (Lipinski definition) is 1. The highest BCUT2D eigenvalue weighted by molar-refractivity contribution is 5.71. The van der Waals surface area contributed by atoms with E-state index in [9.17, 15) is 4.79 Å². The average molecular weight is 180 g/mol. The maximum atomic E-state index is 10.4. The Balaban J connectivity index is 2.27. The number of methoxy groups -OCH3 is 1. The summed E-state index contributed by atoms with van der Waals surface area (Å²) in [5.41, 5.74) is 0.264. The van der Waals surface area contributed by atoms with Crippen LogP contribution in [0.1, 0.15) is 35.6 Å². The number of H-pyrrole nitrogens is 1. The lowest BCUT2D eigenvalue weighted by atomic mass is 9.79. The molecule has 0 atom stereocenters. The zero-order valence-corrected chi connectivity index (χ0v) is 7.54. The first-order valence-corrected chi connectivity index (χ1v) is 4.36. The fraction of sp³-hybridized carbons (Fsp3) is 0.556. The van der Waals surface area contributed by atoms with Crippen molar-refractivity contribution in [3.05, 3.63) is 17.7 Å². The van der Waals surface area contributed by atoms with E-state index in [1.54, 1.807) is 13.3 Å². The first kappa shape index (κ1) is 8.44. The zero-order chi connectivity index (χ0) is 9.31. The van der Waals surface area contributed by atoms with Crippen LogP contribution in [0.4, 0.5) is 0 Å². The number of hydrogen-bond acceptors (Lipinski definition) is 3. The number of nitrogens with one attached hydrogen (secondary N) is 1. The van der Waals surface area contributed by atoms with Crippen LogP contribution in [0.3, 0.4) is 0 Å². The minimum Gasteiger partial charge on any atom is -0.370 e. The van der Waals surface area contributed by atoms with E-state index in [1.165, 1.54) is 0 Å². The van der Waals surface area contributed by atoms with Gasteiger partial charge in [0.2, 0.25) is 0 Å². The third kappa shape index (κ3) is 1.18. The predicted molar refractivity (Wildman–Crippen MR) is 46.5 cm³/mol. The monoisotopic (exact) mass is 180 g/mol. The molecule has 4 nitrogen and oxygen atoms in total. The van der Waals surface area contributed by atoms with Gasteiger partial charge in [0.1, 0.15) is 11.4 Å². The molecule has 1 fully saturated rings. The number of nitrogens with zero attached hydrogens (tertiary/aromatic N) is 1. The Morgan fingerprint density at radius 1 is 1.69 bits per heavy atom. The summed E-state index contributed by atoms with van der Waals surface area (Å²) in [7, 11) is 1.68. The number of aromatic amines is 1. The Hall–Kier alpha value is -1.16. The van der Waals surface area contributed by atoms with E-state index in [-0.39, 0.29) is 5.60 Å². The van der Waals surface area contributed by atoms with Gasteiger partial charge in [0, 0.05) is 7.11 Å². The second kappa shape index (κ2) is 2.96. The van der Waals surface area contributed by atoms with E-state index in [0.29, 0.717) is 5.69 Å². The average Bonchev–Trinajstić information content (AvgIpc) is 2.52. The molecule has 70 valence electrons. The van der Waals surface area contributed by atoms with Gasteiger partial charge in [-0.05, 0) is 19.3 Å². The molecule has 1 heterocycles. The van der Waals surface area contributed by atoms with Crippen molar-refractivity contribution in [1.29, 1.82) is 0 Å². The number of aldehydes is 1. The summed E-state index contributed by atoms with van der Waals surface area (Å²) in [6.07, 6.45) is 5.43. The van der Waals surface area contributed by atoms with Crippen LogP contribution in [-0.4, -0.2) is 23.4 Å². The molecule has 1 aromatic heterocycles. The molecule has 0 unspecified atom stereocenters. The SMILES string of the molecule is COC1(c2ncc(C=O)[nH]2)CCC1. The highest BCUT2D eigenvalue weighted by Gasteiger charge is 2.41. The lowest BCUT2D eigenvalue weighted by Gasteiger charge is -2.38. The molecule has 0 saturated heterocycles. The highest BCUT2D eigenvalue weighted by atomic mass is 16.5. The molecule has 1 aliphatic carbocycles. The van der Waals surface area contributed by atoms with E-state index >= 15 is 0 Å². The summed E-state index contributed by atoms with van der Waals surface area (Å²) in [4.78, 5) is 17.5. The Morgan fingerprint density at radius 2 is 2.46 bits per heavy atom. The van der Waals surface area contributed by atoms with E-state index in [0.717, 1.165) is 31.4 Å². The van der Waals surface area contributed by atoms with Crippen LogP contribution in [0.25, 0.3) is 0 Å². The van der Waals surface area contributed by atoms with Crippen LogP contribution in [0.15, 0.2) is 6.20 Å². The standard InChI is InChI=1S/C9H12N2O2/c1-13-9(3-2-4-9)8-10-5-7(6-12)11-8/h5-6H,2-4H2,1H3,(H,10,11). The fourth-order valence-corrected chi connectivity index (χ4v) is 1.66. The van der Waals surface area contributed by atoms with Gasteiger partial charge in [-0.1, -0.05) is 0 Å². The van der Waals surface area contributed by atoms with Crippen molar-refractivity contribution in [3.8, 4) is 0 Å². The molecule has 1 aromatic rings. The molecule has 1 saturated carbocycles. The second-order valence-electron chi connectivity index (χ2n) is 3.36. The molecule has 4 heteroatoms. The topological polar surface area (TPSA) is 55.0 Å². The van der Waals surface area contributed by atoms with Crippen molar-refractivity contribution in [2.24, 2.45) is 0 Å². The first-order chi connectivity index (χ1) is 6.30. The molecule has 1 aliphatic rings. The Bertz CT molecular complexity index is 310. The first-order valence-electron chi connectivity index (χ1n) is 4.36. The van der Waals surface area contributed by atoms with E-state index in [4.69, 9.17) is 4.74 Å². The highest BCUT2D eigenvalue weighted by Crippen LogP contribution is 2.42. The van der Waals surface area contributed by atoms with Crippen molar-refractivity contribution >= 4 is 6.29 Å². The lowest BCUT2D eigenvalue weighted by molar-refractivity contribution is -0.0841. The maximum Gasteiger partial charge on any atom is 0.167 e. The van der Waals surface area contributed by atoms with Crippen LogP contribution < -0.4 is 0 Å². The molecule has 0 spiro atoms. The van der Waals surface area contributed by atoms with Gasteiger partial charge in [0.25, 0.3) is 0 Å². The Labute approximate surface area is 76.3 Å². The van der Waals surface area contributed by atoms with Gasteiger partial charge in [0.05, 0.1) is 11.9 Å². The molecule has 0 radical (unpaired) electrons. The van der Waals surface area contributed by atoms with E-state index in [2.05, 4.69) is 9.97 Å². The third-order valence-corrected chi connectivity index (χ3v) is 2.71. The van der Waals surface area contributed by atoms with Crippen LogP contribution >= 0.6 is 0 Å². The molecule has 0 aliphatic heterocycles. The van der Waals surface area contributed by atoms with Gasteiger partial charge in [-0.3, -0.25) is 4.79 Å². The minimum absolute atomic E-state index is 0.249. The molecule has 13 heavy (non-hydrogen) atoms. The van der Waals surface area contributed by atoms with Crippen molar-refractivity contribution in [2.75, 3.05) is 7.11 Å². The number of rotatable bonds is 3. The van der Waals surface area contributed by atoms with Gasteiger partial charge in [-0.15, -0.1) is 0 Å². The molecule has 2 rings (SSSR count). The second-order valence-corrected chi connectivity index (χ2v) is 3.36.